The van der Waals surface area contributed by atoms with Crippen molar-refractivity contribution in [2.45, 2.75) is 40.3 Å². The van der Waals surface area contributed by atoms with Gasteiger partial charge in [0.2, 0.25) is 5.78 Å². The van der Waals surface area contributed by atoms with E-state index in [1.807, 2.05) is 36.5 Å². The number of hydrogen-bond donors (Lipinski definition) is 1. The number of ether oxygens (including phenoxy) is 1. The Hall–Kier alpha value is -3.74. The molecule has 0 spiro atoms. The number of aromatic amines is 1. The van der Waals surface area contributed by atoms with Crippen LogP contribution in [0.2, 0.25) is 0 Å². The van der Waals surface area contributed by atoms with Gasteiger partial charge in [-0.05, 0) is 44.9 Å². The Balaban J connectivity index is 1.60. The Morgan fingerprint density at radius 2 is 1.90 bits per heavy atom. The minimum absolute atomic E-state index is 0.120. The highest BCUT2D eigenvalue weighted by Gasteiger charge is 2.25. The lowest BCUT2D eigenvalue weighted by Crippen LogP contribution is -2.24. The Kier molecular flexibility index (Phi) is 6.65. The number of nitrogens with one attached hydrogen (secondary N) is 1. The Labute approximate surface area is 180 Å². The van der Waals surface area contributed by atoms with Crippen molar-refractivity contribution >= 4 is 23.6 Å². The molecule has 0 amide bonds. The fourth-order valence-electron chi connectivity index (χ4n) is 3.48. The highest BCUT2D eigenvalue weighted by Crippen LogP contribution is 2.20. The summed E-state index contributed by atoms with van der Waals surface area (Å²) in [7, 11) is 0. The quantitative estimate of drug-likeness (QED) is 0.339. The number of nitrogens with zero attached hydrogens (tertiary/aromatic N) is 2. The summed E-state index contributed by atoms with van der Waals surface area (Å²) < 4.78 is 7.02. The summed E-state index contributed by atoms with van der Waals surface area (Å²) in [5.41, 5.74) is 3.84. The minimum Gasteiger partial charge on any atom is -0.451 e. The van der Waals surface area contributed by atoms with E-state index in [1.54, 1.807) is 30.8 Å². The van der Waals surface area contributed by atoms with Crippen LogP contribution in [0.5, 0.6) is 0 Å². The van der Waals surface area contributed by atoms with Crippen LogP contribution in [0.25, 0.3) is 6.08 Å². The fourth-order valence-corrected chi connectivity index (χ4v) is 3.48. The largest absolute Gasteiger partial charge is 0.451 e. The number of benzene rings is 1. The first-order valence-corrected chi connectivity index (χ1v) is 9.95. The Morgan fingerprint density at radius 3 is 2.55 bits per heavy atom. The molecule has 2 aromatic heterocycles. The highest BCUT2D eigenvalue weighted by atomic mass is 16.5. The number of aromatic nitrogens is 3. The molecule has 7 nitrogen and oxygen atoms in total. The monoisotopic (exact) mass is 419 g/mol. The van der Waals surface area contributed by atoms with Crippen LogP contribution < -0.4 is 0 Å². The third-order valence-electron chi connectivity index (χ3n) is 4.95. The molecule has 0 aliphatic rings. The molecule has 3 rings (SSSR count). The average molecular weight is 419 g/mol. The van der Waals surface area contributed by atoms with E-state index in [0.29, 0.717) is 23.4 Å². The van der Waals surface area contributed by atoms with Crippen molar-refractivity contribution in [2.24, 2.45) is 0 Å². The van der Waals surface area contributed by atoms with Gasteiger partial charge in [-0.2, -0.15) is 5.10 Å². The summed E-state index contributed by atoms with van der Waals surface area (Å²) in [5.74, 6) is -1.14. The summed E-state index contributed by atoms with van der Waals surface area (Å²) >= 11 is 0. The summed E-state index contributed by atoms with van der Waals surface area (Å²) in [6, 6.07) is 9.92. The van der Waals surface area contributed by atoms with E-state index in [2.05, 4.69) is 10.1 Å². The number of ketones is 2. The van der Waals surface area contributed by atoms with Crippen molar-refractivity contribution in [3.05, 3.63) is 82.4 Å². The number of aryl methyl sites for hydroxylation is 1. The Morgan fingerprint density at radius 1 is 1.19 bits per heavy atom. The number of rotatable bonds is 8. The number of esters is 1. The van der Waals surface area contributed by atoms with Crippen LogP contribution in [-0.4, -0.2) is 38.4 Å². The Bertz CT molecular complexity index is 1140. The lowest BCUT2D eigenvalue weighted by atomic mass is 10.0. The number of carbonyl (C=O) groups excluding carboxylic acids is 3. The molecule has 0 saturated heterocycles. The standard InChI is InChI=1S/C24H25N3O4/c1-15-22(17(3)28)16(2)26-23(15)24(30)18(4)31-21(29)11-10-20-12-25-27(14-20)13-19-8-6-5-7-9-19/h5-12,14,18,26H,13H2,1-4H3/b11-10+/t18-/m0/s1. The molecule has 1 aromatic carbocycles. The van der Waals surface area contributed by atoms with Gasteiger partial charge < -0.3 is 9.72 Å². The summed E-state index contributed by atoms with van der Waals surface area (Å²) in [5, 5.41) is 4.28. The van der Waals surface area contributed by atoms with Crippen molar-refractivity contribution in [3.8, 4) is 0 Å². The molecule has 0 aliphatic carbocycles. The number of hydrogen-bond acceptors (Lipinski definition) is 5. The van der Waals surface area contributed by atoms with Crippen molar-refractivity contribution in [1.82, 2.24) is 14.8 Å². The van der Waals surface area contributed by atoms with Gasteiger partial charge in [0.25, 0.3) is 0 Å². The van der Waals surface area contributed by atoms with Crippen molar-refractivity contribution in [1.29, 1.82) is 0 Å². The SMILES string of the molecule is CC(=O)c1c(C)[nH]c(C(=O)[C@H](C)OC(=O)/C=C/c2cnn(Cc3ccccc3)c2)c1C. The van der Waals surface area contributed by atoms with Gasteiger partial charge in [0.05, 0.1) is 18.4 Å². The molecule has 0 radical (unpaired) electrons. The molecular formula is C24H25N3O4. The molecule has 2 heterocycles. The van der Waals surface area contributed by atoms with Gasteiger partial charge >= 0.3 is 5.97 Å². The van der Waals surface area contributed by atoms with Gasteiger partial charge in [-0.1, -0.05) is 30.3 Å². The van der Waals surface area contributed by atoms with Gasteiger partial charge in [-0.25, -0.2) is 4.79 Å². The molecule has 0 aliphatic heterocycles. The van der Waals surface area contributed by atoms with Crippen LogP contribution in [0.4, 0.5) is 0 Å². The molecule has 3 aromatic rings. The zero-order valence-corrected chi connectivity index (χ0v) is 18.0. The second kappa shape index (κ2) is 9.38. The van der Waals surface area contributed by atoms with Crippen LogP contribution >= 0.6 is 0 Å². The first-order chi connectivity index (χ1) is 14.8. The van der Waals surface area contributed by atoms with Gasteiger partial charge in [0.1, 0.15) is 0 Å². The van der Waals surface area contributed by atoms with Crippen LogP contribution in [-0.2, 0) is 16.1 Å². The van der Waals surface area contributed by atoms with Gasteiger partial charge in [-0.15, -0.1) is 0 Å². The summed E-state index contributed by atoms with van der Waals surface area (Å²) in [6.45, 7) is 7.03. The molecule has 0 bridgehead atoms. The summed E-state index contributed by atoms with van der Waals surface area (Å²) in [6.07, 6.45) is 5.33. The minimum atomic E-state index is -0.991. The highest BCUT2D eigenvalue weighted by molar-refractivity contribution is 6.05. The first-order valence-electron chi connectivity index (χ1n) is 9.95. The van der Waals surface area contributed by atoms with Gasteiger partial charge in [0, 0.05) is 29.1 Å². The number of Topliss-reactive ketones (excluding diaryl/α,β-unsaturated/α-hetero) is 2. The number of H-pyrrole nitrogens is 1. The predicted octanol–water partition coefficient (Wildman–Crippen LogP) is 3.91. The molecule has 1 N–H and O–H groups in total. The maximum atomic E-state index is 12.7. The second-order valence-corrected chi connectivity index (χ2v) is 7.41. The van der Waals surface area contributed by atoms with E-state index in [9.17, 15) is 14.4 Å². The molecule has 160 valence electrons. The lowest BCUT2D eigenvalue weighted by Gasteiger charge is -2.10. The van der Waals surface area contributed by atoms with Gasteiger partial charge in [-0.3, -0.25) is 14.3 Å². The van der Waals surface area contributed by atoms with Crippen LogP contribution in [0, 0.1) is 13.8 Å². The van der Waals surface area contributed by atoms with Crippen LogP contribution in [0.3, 0.4) is 0 Å². The molecule has 31 heavy (non-hydrogen) atoms. The zero-order valence-electron chi connectivity index (χ0n) is 18.0. The van der Waals surface area contributed by atoms with E-state index in [0.717, 1.165) is 11.1 Å². The fraction of sp³-hybridized carbons (Fsp3) is 0.250. The normalized spacial score (nSPS) is 12.1. The van der Waals surface area contributed by atoms with Gasteiger partial charge in [0.15, 0.2) is 11.9 Å². The summed E-state index contributed by atoms with van der Waals surface area (Å²) in [4.78, 5) is 39.6. The second-order valence-electron chi connectivity index (χ2n) is 7.41. The van der Waals surface area contributed by atoms with E-state index in [-0.39, 0.29) is 17.3 Å². The van der Waals surface area contributed by atoms with E-state index in [1.165, 1.54) is 19.9 Å². The number of carbonyl (C=O) groups is 3. The maximum absolute atomic E-state index is 12.7. The predicted molar refractivity (Wildman–Crippen MR) is 117 cm³/mol. The van der Waals surface area contributed by atoms with E-state index < -0.39 is 12.1 Å². The molecule has 0 unspecified atom stereocenters. The first kappa shape index (κ1) is 22.0. The lowest BCUT2D eigenvalue weighted by molar-refractivity contribution is -0.140. The van der Waals surface area contributed by atoms with Crippen molar-refractivity contribution in [3.63, 3.8) is 0 Å². The molecule has 0 fully saturated rings. The van der Waals surface area contributed by atoms with Crippen molar-refractivity contribution < 1.29 is 19.1 Å². The van der Waals surface area contributed by atoms with E-state index >= 15 is 0 Å². The molecule has 7 heteroatoms. The van der Waals surface area contributed by atoms with E-state index in [4.69, 9.17) is 4.74 Å². The zero-order chi connectivity index (χ0) is 22.5. The average Bonchev–Trinajstić information content (AvgIpc) is 3.29. The van der Waals surface area contributed by atoms with Crippen molar-refractivity contribution in [2.75, 3.05) is 0 Å². The van der Waals surface area contributed by atoms with Crippen LogP contribution in [0.1, 0.15) is 57.1 Å². The smallest absolute Gasteiger partial charge is 0.331 e. The molecular weight excluding hydrogens is 394 g/mol. The van der Waals surface area contributed by atoms with Crippen LogP contribution in [0.15, 0.2) is 48.8 Å². The third-order valence-corrected chi connectivity index (χ3v) is 4.95. The maximum Gasteiger partial charge on any atom is 0.331 e. The molecule has 1 atom stereocenters. The topological polar surface area (TPSA) is 94.0 Å². The molecule has 0 saturated carbocycles. The third kappa shape index (κ3) is 5.25.